The molecule has 0 radical (unpaired) electrons. The Morgan fingerprint density at radius 3 is 2.63 bits per heavy atom. The first-order valence-corrected chi connectivity index (χ1v) is 10.1. The topological polar surface area (TPSA) is 67.5 Å². The van der Waals surface area contributed by atoms with Gasteiger partial charge in [0, 0.05) is 19.1 Å². The second kappa shape index (κ2) is 11.8. The summed E-state index contributed by atoms with van der Waals surface area (Å²) in [5.41, 5.74) is 9.86. The van der Waals surface area contributed by atoms with E-state index in [1.165, 1.54) is 11.1 Å². The number of para-hydroxylation sites is 1. The van der Waals surface area contributed by atoms with E-state index in [-0.39, 0.29) is 6.04 Å². The molecule has 0 aliphatic carbocycles. The number of rotatable bonds is 12. The minimum absolute atomic E-state index is 0.338. The average molecular weight is 371 g/mol. The van der Waals surface area contributed by atoms with Crippen LogP contribution < -0.4 is 15.8 Å². The molecule has 2 aromatic rings. The Kier molecular flexibility index (Phi) is 9.32. The lowest BCUT2D eigenvalue weighted by Gasteiger charge is -2.21. The molecule has 2 aromatic carbocycles. The Morgan fingerprint density at radius 2 is 1.85 bits per heavy atom. The number of nitrogens with two attached hydrogens (primary N) is 1. The Hall–Kier alpha value is -1.88. The molecule has 0 saturated heterocycles. The fourth-order valence-electron chi connectivity index (χ4n) is 3.01. The minimum Gasteiger partial charge on any atom is -0.493 e. The standard InChI is InChI=1S/C23H34N2O2/c1-3-5-13-27-23-12-7-6-11-20(23)15-21(24)22(26)17-25-16-19-10-8-9-18(4-2)14-19/h6-12,14,21-22,25-26H,3-5,13,15-17,24H2,1-2H3. The molecule has 0 aromatic heterocycles. The number of hydrogen-bond donors (Lipinski definition) is 3. The molecule has 4 heteroatoms. The lowest BCUT2D eigenvalue weighted by molar-refractivity contribution is 0.141. The van der Waals surface area contributed by atoms with Gasteiger partial charge in [-0.2, -0.15) is 0 Å². The lowest BCUT2D eigenvalue weighted by atomic mass is 10.0. The van der Waals surface area contributed by atoms with Crippen LogP contribution in [0, 0.1) is 0 Å². The zero-order valence-electron chi connectivity index (χ0n) is 16.7. The predicted molar refractivity (Wildman–Crippen MR) is 112 cm³/mol. The van der Waals surface area contributed by atoms with Crippen LogP contribution in [0.3, 0.4) is 0 Å². The van der Waals surface area contributed by atoms with Crippen molar-refractivity contribution in [1.29, 1.82) is 0 Å². The molecule has 0 fully saturated rings. The second-order valence-electron chi connectivity index (χ2n) is 7.05. The van der Waals surface area contributed by atoms with Crippen LogP contribution in [0.25, 0.3) is 0 Å². The van der Waals surface area contributed by atoms with Crippen molar-refractivity contribution >= 4 is 0 Å². The maximum Gasteiger partial charge on any atom is 0.122 e. The summed E-state index contributed by atoms with van der Waals surface area (Å²) in [4.78, 5) is 0. The number of unbranched alkanes of at least 4 members (excludes halogenated alkanes) is 1. The molecule has 27 heavy (non-hydrogen) atoms. The number of ether oxygens (including phenoxy) is 1. The average Bonchev–Trinajstić information content (AvgIpc) is 2.69. The number of aliphatic hydroxyl groups excluding tert-OH is 1. The summed E-state index contributed by atoms with van der Waals surface area (Å²) in [6, 6.07) is 16.1. The molecule has 148 valence electrons. The number of aliphatic hydroxyl groups is 1. The van der Waals surface area contributed by atoms with Crippen molar-refractivity contribution in [2.24, 2.45) is 5.73 Å². The van der Waals surface area contributed by atoms with Gasteiger partial charge in [-0.25, -0.2) is 0 Å². The van der Waals surface area contributed by atoms with E-state index in [1.54, 1.807) is 0 Å². The van der Waals surface area contributed by atoms with E-state index in [0.717, 1.165) is 37.1 Å². The number of nitrogens with one attached hydrogen (secondary N) is 1. The molecule has 0 spiro atoms. The van der Waals surface area contributed by atoms with Gasteiger partial charge in [0.2, 0.25) is 0 Å². The molecule has 2 atom stereocenters. The van der Waals surface area contributed by atoms with Gasteiger partial charge in [0.05, 0.1) is 12.7 Å². The summed E-state index contributed by atoms with van der Waals surface area (Å²) in [7, 11) is 0. The summed E-state index contributed by atoms with van der Waals surface area (Å²) in [5.74, 6) is 0.873. The van der Waals surface area contributed by atoms with E-state index >= 15 is 0 Å². The molecule has 0 aliphatic heterocycles. The van der Waals surface area contributed by atoms with Crippen molar-refractivity contribution in [2.75, 3.05) is 13.2 Å². The van der Waals surface area contributed by atoms with Crippen molar-refractivity contribution in [1.82, 2.24) is 5.32 Å². The third kappa shape index (κ3) is 7.33. The summed E-state index contributed by atoms with van der Waals surface area (Å²) in [5, 5.41) is 13.7. The molecule has 0 heterocycles. The first-order valence-electron chi connectivity index (χ1n) is 10.1. The minimum atomic E-state index is -0.608. The molecular weight excluding hydrogens is 336 g/mol. The lowest BCUT2D eigenvalue weighted by Crippen LogP contribution is -2.43. The van der Waals surface area contributed by atoms with Crippen molar-refractivity contribution in [3.63, 3.8) is 0 Å². The zero-order chi connectivity index (χ0) is 19.5. The van der Waals surface area contributed by atoms with Gasteiger partial charge in [0.25, 0.3) is 0 Å². The highest BCUT2D eigenvalue weighted by Crippen LogP contribution is 2.20. The third-order valence-corrected chi connectivity index (χ3v) is 4.76. The molecule has 0 aliphatic rings. The maximum absolute atomic E-state index is 10.4. The summed E-state index contributed by atoms with van der Waals surface area (Å²) >= 11 is 0. The summed E-state index contributed by atoms with van der Waals surface area (Å²) in [6.07, 6.45) is 3.15. The molecule has 4 nitrogen and oxygen atoms in total. The van der Waals surface area contributed by atoms with E-state index in [0.29, 0.717) is 19.6 Å². The van der Waals surface area contributed by atoms with Crippen LogP contribution in [0.1, 0.15) is 43.4 Å². The quantitative estimate of drug-likeness (QED) is 0.501. The van der Waals surface area contributed by atoms with Crippen LogP contribution in [0.2, 0.25) is 0 Å². The van der Waals surface area contributed by atoms with Crippen molar-refractivity contribution in [3.8, 4) is 5.75 Å². The number of hydrogen-bond acceptors (Lipinski definition) is 4. The molecule has 0 amide bonds. The van der Waals surface area contributed by atoms with E-state index in [9.17, 15) is 5.11 Å². The molecule has 0 bridgehead atoms. The van der Waals surface area contributed by atoms with Crippen LogP contribution in [0.4, 0.5) is 0 Å². The Labute approximate surface area is 163 Å². The van der Waals surface area contributed by atoms with Gasteiger partial charge in [-0.15, -0.1) is 0 Å². The van der Waals surface area contributed by atoms with Crippen LogP contribution in [-0.4, -0.2) is 30.4 Å². The van der Waals surface area contributed by atoms with Gasteiger partial charge in [0.15, 0.2) is 0 Å². The molecular formula is C23H34N2O2. The van der Waals surface area contributed by atoms with Crippen LogP contribution >= 0.6 is 0 Å². The molecule has 0 saturated carbocycles. The Bertz CT molecular complexity index is 675. The van der Waals surface area contributed by atoms with Crippen LogP contribution in [-0.2, 0) is 19.4 Å². The summed E-state index contributed by atoms with van der Waals surface area (Å²) in [6.45, 7) is 6.21. The number of aryl methyl sites for hydroxylation is 1. The number of benzene rings is 2. The third-order valence-electron chi connectivity index (χ3n) is 4.76. The van der Waals surface area contributed by atoms with E-state index in [1.807, 2.05) is 24.3 Å². The smallest absolute Gasteiger partial charge is 0.122 e. The first-order chi connectivity index (χ1) is 13.1. The highest BCUT2D eigenvalue weighted by Gasteiger charge is 2.17. The van der Waals surface area contributed by atoms with Gasteiger partial charge >= 0.3 is 0 Å². The summed E-state index contributed by atoms with van der Waals surface area (Å²) < 4.78 is 5.87. The second-order valence-corrected chi connectivity index (χ2v) is 7.05. The fourth-order valence-corrected chi connectivity index (χ4v) is 3.01. The Balaban J connectivity index is 1.82. The molecule has 2 unspecified atom stereocenters. The maximum atomic E-state index is 10.4. The molecule has 2 rings (SSSR count). The van der Waals surface area contributed by atoms with Gasteiger partial charge in [-0.1, -0.05) is 62.7 Å². The van der Waals surface area contributed by atoms with Gasteiger partial charge in [0.1, 0.15) is 5.75 Å². The fraction of sp³-hybridized carbons (Fsp3) is 0.478. The Morgan fingerprint density at radius 1 is 1.07 bits per heavy atom. The molecule has 4 N–H and O–H groups in total. The monoisotopic (exact) mass is 370 g/mol. The van der Waals surface area contributed by atoms with Crippen molar-refractivity contribution in [3.05, 3.63) is 65.2 Å². The van der Waals surface area contributed by atoms with E-state index in [2.05, 4.69) is 43.4 Å². The van der Waals surface area contributed by atoms with Gasteiger partial charge in [-0.05, 0) is 42.0 Å². The highest BCUT2D eigenvalue weighted by molar-refractivity contribution is 5.34. The van der Waals surface area contributed by atoms with Crippen molar-refractivity contribution in [2.45, 2.75) is 58.2 Å². The largest absolute Gasteiger partial charge is 0.493 e. The zero-order valence-corrected chi connectivity index (χ0v) is 16.7. The van der Waals surface area contributed by atoms with E-state index in [4.69, 9.17) is 10.5 Å². The van der Waals surface area contributed by atoms with Gasteiger partial charge in [-0.3, -0.25) is 0 Å². The van der Waals surface area contributed by atoms with E-state index < -0.39 is 6.10 Å². The normalized spacial score (nSPS) is 13.3. The van der Waals surface area contributed by atoms with Crippen LogP contribution in [0.15, 0.2) is 48.5 Å². The van der Waals surface area contributed by atoms with Crippen LogP contribution in [0.5, 0.6) is 5.75 Å². The van der Waals surface area contributed by atoms with Crippen molar-refractivity contribution < 1.29 is 9.84 Å². The predicted octanol–water partition coefficient (Wildman–Crippen LogP) is 3.45. The first kappa shape index (κ1) is 21.4. The van der Waals surface area contributed by atoms with Gasteiger partial charge < -0.3 is 20.9 Å². The highest BCUT2D eigenvalue weighted by atomic mass is 16.5. The SMILES string of the molecule is CCCCOc1ccccc1CC(N)C(O)CNCc1cccc(CC)c1.